The van der Waals surface area contributed by atoms with Gasteiger partial charge in [0, 0.05) is 30.0 Å². The molecule has 1 N–H and O–H groups in total. The molecule has 1 fully saturated rings. The van der Waals surface area contributed by atoms with Crippen molar-refractivity contribution in [1.29, 1.82) is 0 Å². The summed E-state index contributed by atoms with van der Waals surface area (Å²) in [5.74, 6) is 1.30. The second-order valence-corrected chi connectivity index (χ2v) is 8.37. The first-order valence-corrected chi connectivity index (χ1v) is 10.7. The van der Waals surface area contributed by atoms with Crippen LogP contribution in [0.3, 0.4) is 0 Å². The third kappa shape index (κ3) is 4.70. The number of benzene rings is 1. The van der Waals surface area contributed by atoms with E-state index in [9.17, 15) is 4.79 Å². The number of carbonyl (C=O) groups excluding carboxylic acids is 1. The first kappa shape index (κ1) is 20.5. The predicted molar refractivity (Wildman–Crippen MR) is 116 cm³/mol. The molecule has 7 heteroatoms. The fourth-order valence-electron chi connectivity index (χ4n) is 4.07. The molecule has 2 heterocycles. The van der Waals surface area contributed by atoms with Crippen LogP contribution in [0.1, 0.15) is 66.3 Å². The molecule has 1 aromatic carbocycles. The molecule has 1 saturated carbocycles. The Morgan fingerprint density at radius 2 is 2.03 bits per heavy atom. The van der Waals surface area contributed by atoms with Crippen LogP contribution in [-0.2, 0) is 6.42 Å². The van der Waals surface area contributed by atoms with Crippen LogP contribution in [0.25, 0.3) is 11.3 Å². The zero-order valence-electron chi connectivity index (χ0n) is 17.2. The van der Waals surface area contributed by atoms with Crippen molar-refractivity contribution in [3.8, 4) is 11.3 Å². The van der Waals surface area contributed by atoms with Gasteiger partial charge in [0.1, 0.15) is 5.69 Å². The summed E-state index contributed by atoms with van der Waals surface area (Å²) in [6.07, 6.45) is 5.06. The minimum atomic E-state index is -0.173. The van der Waals surface area contributed by atoms with Gasteiger partial charge in [-0.15, -0.1) is 0 Å². The summed E-state index contributed by atoms with van der Waals surface area (Å²) in [5.41, 5.74) is 3.16. The highest BCUT2D eigenvalue weighted by molar-refractivity contribution is 6.30. The SMILES string of the molecule is Cc1nc(CC(C)NC(=O)c2nc(-c3cccc(Cl)c3)ccc2C2CCCC2)no1. The Bertz CT molecular complexity index is 1040. The molecule has 2 aromatic heterocycles. The number of pyridine rings is 1. The van der Waals surface area contributed by atoms with Crippen LogP contribution in [0.4, 0.5) is 0 Å². The van der Waals surface area contributed by atoms with Gasteiger partial charge in [0.05, 0.1) is 5.69 Å². The minimum Gasteiger partial charge on any atom is -0.348 e. The van der Waals surface area contributed by atoms with Crippen molar-refractivity contribution in [2.45, 2.75) is 57.9 Å². The van der Waals surface area contributed by atoms with Crippen molar-refractivity contribution in [1.82, 2.24) is 20.4 Å². The third-order valence-corrected chi connectivity index (χ3v) is 5.73. The maximum atomic E-state index is 13.2. The highest BCUT2D eigenvalue weighted by atomic mass is 35.5. The lowest BCUT2D eigenvalue weighted by molar-refractivity contribution is 0.0933. The van der Waals surface area contributed by atoms with E-state index in [-0.39, 0.29) is 11.9 Å². The molecule has 1 unspecified atom stereocenters. The van der Waals surface area contributed by atoms with E-state index >= 15 is 0 Å². The van der Waals surface area contributed by atoms with Crippen LogP contribution in [0.15, 0.2) is 40.9 Å². The maximum absolute atomic E-state index is 13.2. The molecule has 156 valence electrons. The predicted octanol–water partition coefficient (Wildman–Crippen LogP) is 5.11. The van der Waals surface area contributed by atoms with Gasteiger partial charge in [0.2, 0.25) is 5.89 Å². The minimum absolute atomic E-state index is 0.150. The smallest absolute Gasteiger partial charge is 0.270 e. The molecule has 6 nitrogen and oxygen atoms in total. The quantitative estimate of drug-likeness (QED) is 0.594. The number of carbonyl (C=O) groups is 1. The molecule has 4 rings (SSSR count). The number of aryl methyl sites for hydroxylation is 1. The van der Waals surface area contributed by atoms with Gasteiger partial charge in [-0.3, -0.25) is 4.79 Å². The molecule has 0 bridgehead atoms. The summed E-state index contributed by atoms with van der Waals surface area (Å²) in [6, 6.07) is 11.4. The molecule has 0 spiro atoms. The van der Waals surface area contributed by atoms with Crippen LogP contribution in [0.2, 0.25) is 5.02 Å². The monoisotopic (exact) mass is 424 g/mol. The number of nitrogens with one attached hydrogen (secondary N) is 1. The van der Waals surface area contributed by atoms with Gasteiger partial charge in [-0.1, -0.05) is 47.8 Å². The first-order chi connectivity index (χ1) is 14.5. The lowest BCUT2D eigenvalue weighted by atomic mass is 9.94. The van der Waals surface area contributed by atoms with Gasteiger partial charge in [0.25, 0.3) is 5.91 Å². The highest BCUT2D eigenvalue weighted by Crippen LogP contribution is 2.36. The Morgan fingerprint density at radius 1 is 1.23 bits per heavy atom. The number of hydrogen-bond acceptors (Lipinski definition) is 5. The van der Waals surface area contributed by atoms with Crippen LogP contribution in [-0.4, -0.2) is 27.1 Å². The number of halogens is 1. The summed E-state index contributed by atoms with van der Waals surface area (Å²) < 4.78 is 5.02. The van der Waals surface area contributed by atoms with Gasteiger partial charge in [-0.05, 0) is 49.4 Å². The molecule has 0 saturated heterocycles. The lowest BCUT2D eigenvalue weighted by Gasteiger charge is -2.18. The zero-order chi connectivity index (χ0) is 21.1. The third-order valence-electron chi connectivity index (χ3n) is 5.49. The van der Waals surface area contributed by atoms with E-state index in [4.69, 9.17) is 21.1 Å². The van der Waals surface area contributed by atoms with Crippen LogP contribution < -0.4 is 5.32 Å². The molecule has 30 heavy (non-hydrogen) atoms. The fourth-order valence-corrected chi connectivity index (χ4v) is 4.26. The second-order valence-electron chi connectivity index (χ2n) is 7.93. The average molecular weight is 425 g/mol. The number of hydrogen-bond donors (Lipinski definition) is 1. The van der Waals surface area contributed by atoms with Crippen LogP contribution >= 0.6 is 11.6 Å². The molecule has 0 aliphatic heterocycles. The Hall–Kier alpha value is -2.73. The number of amides is 1. The van der Waals surface area contributed by atoms with E-state index in [1.807, 2.05) is 37.3 Å². The van der Waals surface area contributed by atoms with Crippen molar-refractivity contribution < 1.29 is 9.32 Å². The van der Waals surface area contributed by atoms with Gasteiger partial charge < -0.3 is 9.84 Å². The molecular formula is C23H25ClN4O2. The topological polar surface area (TPSA) is 80.9 Å². The van der Waals surface area contributed by atoms with Gasteiger partial charge >= 0.3 is 0 Å². The summed E-state index contributed by atoms with van der Waals surface area (Å²) in [6.45, 7) is 3.68. The first-order valence-electron chi connectivity index (χ1n) is 10.4. The molecule has 0 radical (unpaired) electrons. The molecular weight excluding hydrogens is 400 g/mol. The van der Waals surface area contributed by atoms with E-state index in [0.29, 0.717) is 34.8 Å². The van der Waals surface area contributed by atoms with E-state index in [0.717, 1.165) is 29.7 Å². The second kappa shape index (κ2) is 8.96. The molecule has 1 aliphatic rings. The van der Waals surface area contributed by atoms with Gasteiger partial charge in [-0.25, -0.2) is 4.98 Å². The lowest BCUT2D eigenvalue weighted by Crippen LogP contribution is -2.35. The number of nitrogens with zero attached hydrogens (tertiary/aromatic N) is 3. The summed E-state index contributed by atoms with van der Waals surface area (Å²) in [7, 11) is 0. The van der Waals surface area contributed by atoms with E-state index in [2.05, 4.69) is 21.5 Å². The Kier molecular flexibility index (Phi) is 6.13. The fraction of sp³-hybridized carbons (Fsp3) is 0.391. The zero-order valence-corrected chi connectivity index (χ0v) is 17.9. The van der Waals surface area contributed by atoms with Crippen molar-refractivity contribution in [2.75, 3.05) is 0 Å². The molecule has 1 atom stereocenters. The molecule has 3 aromatic rings. The average Bonchev–Trinajstić information content (AvgIpc) is 3.39. The van der Waals surface area contributed by atoms with E-state index < -0.39 is 0 Å². The summed E-state index contributed by atoms with van der Waals surface area (Å²) in [5, 5.41) is 7.61. The molecule has 1 aliphatic carbocycles. The Morgan fingerprint density at radius 3 is 2.73 bits per heavy atom. The summed E-state index contributed by atoms with van der Waals surface area (Å²) in [4.78, 5) is 22.2. The van der Waals surface area contributed by atoms with Gasteiger partial charge in [0.15, 0.2) is 5.82 Å². The van der Waals surface area contributed by atoms with Crippen molar-refractivity contribution in [3.05, 3.63) is 64.4 Å². The van der Waals surface area contributed by atoms with Crippen LogP contribution in [0, 0.1) is 6.92 Å². The van der Waals surface area contributed by atoms with Crippen LogP contribution in [0.5, 0.6) is 0 Å². The van der Waals surface area contributed by atoms with Crippen molar-refractivity contribution >= 4 is 17.5 Å². The normalized spacial score (nSPS) is 15.3. The number of aromatic nitrogens is 3. The molecule has 1 amide bonds. The largest absolute Gasteiger partial charge is 0.348 e. The standard InChI is InChI=1S/C23H25ClN4O2/c1-14(12-21-26-15(2)30-28-21)25-23(29)22-19(16-6-3-4-7-16)10-11-20(27-22)17-8-5-9-18(24)13-17/h5,8-11,13-14,16H,3-4,6-7,12H2,1-2H3,(H,25,29). The Labute approximate surface area is 181 Å². The number of rotatable bonds is 6. The van der Waals surface area contributed by atoms with Crippen molar-refractivity contribution in [3.63, 3.8) is 0 Å². The van der Waals surface area contributed by atoms with Gasteiger partial charge in [-0.2, -0.15) is 4.98 Å². The highest BCUT2D eigenvalue weighted by Gasteiger charge is 2.25. The summed E-state index contributed by atoms with van der Waals surface area (Å²) >= 11 is 6.15. The Balaban J connectivity index is 1.61. The van der Waals surface area contributed by atoms with Crippen molar-refractivity contribution in [2.24, 2.45) is 0 Å². The maximum Gasteiger partial charge on any atom is 0.270 e. The van der Waals surface area contributed by atoms with E-state index in [1.54, 1.807) is 6.92 Å². The van der Waals surface area contributed by atoms with E-state index in [1.165, 1.54) is 12.8 Å².